The van der Waals surface area contributed by atoms with Crippen LogP contribution in [-0.2, 0) is 15.8 Å². The summed E-state index contributed by atoms with van der Waals surface area (Å²) in [4.78, 5) is 14.6. The van der Waals surface area contributed by atoms with Crippen LogP contribution in [0.5, 0.6) is 0 Å². The molecule has 2 aliphatic heterocycles. The summed E-state index contributed by atoms with van der Waals surface area (Å²) in [6.07, 6.45) is 4.27. The van der Waals surface area contributed by atoms with Gasteiger partial charge in [-0.3, -0.25) is 0 Å². The van der Waals surface area contributed by atoms with Crippen molar-refractivity contribution in [3.8, 4) is 0 Å². The van der Waals surface area contributed by atoms with E-state index in [1.165, 1.54) is 4.31 Å². The van der Waals surface area contributed by atoms with E-state index < -0.39 is 21.6 Å². The Morgan fingerprint density at radius 2 is 1.61 bits per heavy atom. The molecule has 2 saturated heterocycles. The van der Waals surface area contributed by atoms with E-state index in [2.05, 4.69) is 5.32 Å². The smallest absolute Gasteiger partial charge is 0.317 e. The second-order valence-corrected chi connectivity index (χ2v) is 11.4. The van der Waals surface area contributed by atoms with Crippen LogP contribution in [0.15, 0.2) is 60.7 Å². The summed E-state index contributed by atoms with van der Waals surface area (Å²) in [5.74, 6) is -0.285. The summed E-state index contributed by atoms with van der Waals surface area (Å²) < 4.78 is 28.7. The third-order valence-corrected chi connectivity index (χ3v) is 9.37. The summed E-state index contributed by atoms with van der Waals surface area (Å²) in [7, 11) is -3.70. The van der Waals surface area contributed by atoms with Gasteiger partial charge in [0.15, 0.2) is 0 Å². The summed E-state index contributed by atoms with van der Waals surface area (Å²) in [5.41, 5.74) is 0.983. The minimum atomic E-state index is -3.70. The fourth-order valence-corrected chi connectivity index (χ4v) is 8.16. The van der Waals surface area contributed by atoms with E-state index in [0.29, 0.717) is 18.7 Å². The van der Waals surface area contributed by atoms with Gasteiger partial charge in [-0.1, -0.05) is 73.5 Å². The number of benzene rings is 2. The van der Waals surface area contributed by atoms with Crippen LogP contribution in [0.4, 0.5) is 4.79 Å². The minimum Gasteiger partial charge on any atom is -0.395 e. The molecule has 0 aromatic heterocycles. The number of sulfonamides is 1. The molecule has 176 valence electrons. The number of hydrogen-bond donors (Lipinski definition) is 2. The van der Waals surface area contributed by atoms with Gasteiger partial charge in [0.2, 0.25) is 10.0 Å². The predicted octanol–water partition coefficient (Wildman–Crippen LogP) is 2.68. The van der Waals surface area contributed by atoms with Crippen LogP contribution in [0.25, 0.3) is 0 Å². The summed E-state index contributed by atoms with van der Waals surface area (Å²) in [6.45, 7) is 0.398. The van der Waals surface area contributed by atoms with E-state index in [9.17, 15) is 18.3 Å². The zero-order valence-corrected chi connectivity index (χ0v) is 19.5. The number of aliphatic hydroxyl groups excluding tert-OH is 1. The molecule has 3 fully saturated rings. The number of likely N-dealkylation sites (tertiary alicyclic amines) is 1. The zero-order chi connectivity index (χ0) is 23.1. The number of aliphatic hydroxyl groups is 1. The SMILES string of the molecule is O=C(NC1CCCC1)N1CC2(C1)[C@@H](c1ccccc1)[C@@H](CO)N2S(=O)(=O)Cc1ccccc1. The molecule has 2 amide bonds. The molecule has 2 atom stereocenters. The minimum absolute atomic E-state index is 0.118. The molecule has 7 nitrogen and oxygen atoms in total. The van der Waals surface area contributed by atoms with Crippen molar-refractivity contribution in [3.63, 3.8) is 0 Å². The molecular weight excluding hydrogens is 438 g/mol. The van der Waals surface area contributed by atoms with Crippen molar-refractivity contribution in [2.24, 2.45) is 0 Å². The lowest BCUT2D eigenvalue weighted by Crippen LogP contribution is -2.86. The molecule has 0 bridgehead atoms. The molecule has 2 aromatic rings. The number of carbonyl (C=O) groups is 1. The largest absolute Gasteiger partial charge is 0.395 e. The molecule has 1 spiro atoms. The van der Waals surface area contributed by atoms with Crippen molar-refractivity contribution < 1.29 is 18.3 Å². The maximum absolute atomic E-state index is 13.6. The standard InChI is InChI=1S/C25H31N3O4S/c29-15-22-23(20-11-5-2-6-12-20)25(17-27(18-25)24(30)26-21-13-7-8-14-21)28(22)33(31,32)16-19-9-3-1-4-10-19/h1-6,9-12,21-23,29H,7-8,13-18H2,(H,26,30)/t22-,23+/m1/s1. The Labute approximate surface area is 195 Å². The monoisotopic (exact) mass is 469 g/mol. The molecule has 0 unspecified atom stereocenters. The molecule has 2 heterocycles. The number of rotatable bonds is 6. The van der Waals surface area contributed by atoms with Crippen molar-refractivity contribution in [3.05, 3.63) is 71.8 Å². The summed E-state index contributed by atoms with van der Waals surface area (Å²) in [6, 6.07) is 18.4. The lowest BCUT2D eigenvalue weighted by Gasteiger charge is -2.69. The van der Waals surface area contributed by atoms with Gasteiger partial charge in [0.05, 0.1) is 23.9 Å². The van der Waals surface area contributed by atoms with E-state index >= 15 is 0 Å². The lowest BCUT2D eigenvalue weighted by atomic mass is 9.63. The van der Waals surface area contributed by atoms with Gasteiger partial charge in [0.25, 0.3) is 0 Å². The van der Waals surface area contributed by atoms with E-state index in [4.69, 9.17) is 0 Å². The lowest BCUT2D eigenvalue weighted by molar-refractivity contribution is -0.126. The average molecular weight is 470 g/mol. The third kappa shape index (κ3) is 3.94. The first-order valence-corrected chi connectivity index (χ1v) is 13.3. The first-order chi connectivity index (χ1) is 15.9. The van der Waals surface area contributed by atoms with Gasteiger partial charge in [-0.2, -0.15) is 4.31 Å². The first kappa shape index (κ1) is 22.4. The van der Waals surface area contributed by atoms with Crippen molar-refractivity contribution in [1.82, 2.24) is 14.5 Å². The number of urea groups is 1. The molecule has 0 radical (unpaired) electrons. The molecular formula is C25H31N3O4S. The Morgan fingerprint density at radius 3 is 2.21 bits per heavy atom. The first-order valence-electron chi connectivity index (χ1n) is 11.7. The van der Waals surface area contributed by atoms with Gasteiger partial charge >= 0.3 is 6.03 Å². The van der Waals surface area contributed by atoms with Crippen molar-refractivity contribution in [1.29, 1.82) is 0 Å². The molecule has 3 aliphatic rings. The van der Waals surface area contributed by atoms with Gasteiger partial charge in [-0.15, -0.1) is 0 Å². The molecule has 2 N–H and O–H groups in total. The molecule has 1 saturated carbocycles. The van der Waals surface area contributed by atoms with Crippen LogP contribution in [0, 0.1) is 0 Å². The maximum Gasteiger partial charge on any atom is 0.317 e. The van der Waals surface area contributed by atoms with E-state index in [0.717, 1.165) is 31.2 Å². The van der Waals surface area contributed by atoms with E-state index in [1.807, 2.05) is 48.5 Å². The fourth-order valence-electron chi connectivity index (χ4n) is 6.02. The number of nitrogens with zero attached hydrogens (tertiary/aromatic N) is 2. The van der Waals surface area contributed by atoms with Gasteiger partial charge in [0.1, 0.15) is 0 Å². The van der Waals surface area contributed by atoms with Crippen molar-refractivity contribution >= 4 is 16.1 Å². The predicted molar refractivity (Wildman–Crippen MR) is 126 cm³/mol. The molecule has 1 aliphatic carbocycles. The zero-order valence-electron chi connectivity index (χ0n) is 18.6. The topological polar surface area (TPSA) is 90.0 Å². The van der Waals surface area contributed by atoms with Gasteiger partial charge < -0.3 is 15.3 Å². The second-order valence-electron chi connectivity index (χ2n) is 9.57. The van der Waals surface area contributed by atoms with Crippen LogP contribution in [0.2, 0.25) is 0 Å². The van der Waals surface area contributed by atoms with Gasteiger partial charge in [0, 0.05) is 25.0 Å². The fraction of sp³-hybridized carbons (Fsp3) is 0.480. The number of hydrogen-bond acceptors (Lipinski definition) is 4. The van der Waals surface area contributed by atoms with E-state index in [1.54, 1.807) is 17.0 Å². The van der Waals surface area contributed by atoms with Gasteiger partial charge in [-0.25, -0.2) is 13.2 Å². The van der Waals surface area contributed by atoms with Crippen LogP contribution in [0.1, 0.15) is 42.7 Å². The van der Waals surface area contributed by atoms with Crippen molar-refractivity contribution in [2.75, 3.05) is 19.7 Å². The molecule has 8 heteroatoms. The quantitative estimate of drug-likeness (QED) is 0.681. The Morgan fingerprint density at radius 1 is 1.00 bits per heavy atom. The molecule has 5 rings (SSSR count). The number of nitrogens with one attached hydrogen (secondary N) is 1. The number of carbonyl (C=O) groups excluding carboxylic acids is 1. The second kappa shape index (κ2) is 8.74. The Hall–Kier alpha value is -2.42. The third-order valence-electron chi connectivity index (χ3n) is 7.44. The van der Waals surface area contributed by atoms with Crippen LogP contribution in [-0.4, -0.2) is 66.1 Å². The summed E-state index contributed by atoms with van der Waals surface area (Å²) in [5, 5.41) is 13.3. The average Bonchev–Trinajstić information content (AvgIpc) is 3.26. The van der Waals surface area contributed by atoms with Crippen LogP contribution >= 0.6 is 0 Å². The van der Waals surface area contributed by atoms with Crippen LogP contribution in [0.3, 0.4) is 0 Å². The molecule has 2 aromatic carbocycles. The molecule has 33 heavy (non-hydrogen) atoms. The maximum atomic E-state index is 13.6. The number of amides is 2. The summed E-state index contributed by atoms with van der Waals surface area (Å²) >= 11 is 0. The van der Waals surface area contributed by atoms with E-state index in [-0.39, 0.29) is 30.4 Å². The normalized spacial score (nSPS) is 24.9. The Balaban J connectivity index is 1.41. The van der Waals surface area contributed by atoms with Crippen molar-refractivity contribution in [2.45, 2.75) is 55.0 Å². The highest BCUT2D eigenvalue weighted by molar-refractivity contribution is 7.88. The highest BCUT2D eigenvalue weighted by Gasteiger charge is 2.70. The Kier molecular flexibility index (Phi) is 5.93. The highest BCUT2D eigenvalue weighted by Crippen LogP contribution is 2.55. The Bertz CT molecular complexity index is 1080. The van der Waals surface area contributed by atoms with Crippen LogP contribution < -0.4 is 5.32 Å². The highest BCUT2D eigenvalue weighted by atomic mass is 32.2. The van der Waals surface area contributed by atoms with Gasteiger partial charge in [-0.05, 0) is 24.0 Å².